The van der Waals surface area contributed by atoms with Crippen LogP contribution >= 0.6 is 11.8 Å². The van der Waals surface area contributed by atoms with Gasteiger partial charge >= 0.3 is 0 Å². The van der Waals surface area contributed by atoms with E-state index in [9.17, 15) is 4.79 Å². The van der Waals surface area contributed by atoms with E-state index in [4.69, 9.17) is 9.52 Å². The zero-order valence-corrected chi connectivity index (χ0v) is 20.5. The summed E-state index contributed by atoms with van der Waals surface area (Å²) < 4.78 is 7.72. The minimum Gasteiger partial charge on any atom is -0.467 e. The molecule has 4 heterocycles. The molecule has 1 aliphatic rings. The van der Waals surface area contributed by atoms with Gasteiger partial charge in [-0.15, -0.1) is 10.2 Å². The van der Waals surface area contributed by atoms with Gasteiger partial charge in [0.15, 0.2) is 11.0 Å². The Hall–Kier alpha value is -3.72. The van der Waals surface area contributed by atoms with E-state index >= 15 is 0 Å². The van der Waals surface area contributed by atoms with Crippen molar-refractivity contribution in [1.82, 2.24) is 24.8 Å². The number of hydrazone groups is 1. The molecule has 4 aromatic rings. The van der Waals surface area contributed by atoms with E-state index in [0.717, 1.165) is 41.4 Å². The zero-order chi connectivity index (χ0) is 24.2. The van der Waals surface area contributed by atoms with Crippen molar-refractivity contribution in [3.63, 3.8) is 0 Å². The first-order chi connectivity index (χ1) is 17.1. The van der Waals surface area contributed by atoms with E-state index in [0.29, 0.717) is 11.6 Å². The topological polar surface area (TPSA) is 89.4 Å². The number of carbonyl (C=O) groups excluding carboxylic acids is 1. The van der Waals surface area contributed by atoms with Crippen molar-refractivity contribution < 1.29 is 9.21 Å². The van der Waals surface area contributed by atoms with Gasteiger partial charge in [-0.3, -0.25) is 9.78 Å². The maximum absolute atomic E-state index is 13.4. The van der Waals surface area contributed by atoms with Gasteiger partial charge in [0.05, 0.1) is 17.7 Å². The van der Waals surface area contributed by atoms with Crippen molar-refractivity contribution in [1.29, 1.82) is 0 Å². The number of rotatable bonds is 8. The summed E-state index contributed by atoms with van der Waals surface area (Å²) in [6, 6.07) is 15.5. The quantitative estimate of drug-likeness (QED) is 0.321. The number of hydrogen-bond donors (Lipinski definition) is 0. The molecule has 0 unspecified atom stereocenters. The first kappa shape index (κ1) is 23.0. The number of aryl methyl sites for hydroxylation is 1. The molecule has 0 saturated heterocycles. The van der Waals surface area contributed by atoms with E-state index in [1.165, 1.54) is 17.3 Å². The molecule has 1 aliphatic heterocycles. The van der Waals surface area contributed by atoms with Crippen molar-refractivity contribution in [2.24, 2.45) is 5.10 Å². The Bertz CT molecular complexity index is 1320. The highest BCUT2D eigenvalue weighted by Crippen LogP contribution is 2.34. The molecule has 1 atom stereocenters. The van der Waals surface area contributed by atoms with Gasteiger partial charge in [0.2, 0.25) is 0 Å². The van der Waals surface area contributed by atoms with E-state index in [2.05, 4.69) is 45.7 Å². The van der Waals surface area contributed by atoms with Crippen LogP contribution in [-0.2, 0) is 11.3 Å². The number of carbonyl (C=O) groups is 1. The second-order valence-corrected chi connectivity index (χ2v) is 9.31. The lowest BCUT2D eigenvalue weighted by atomic mass is 10.0. The normalized spacial score (nSPS) is 15.4. The zero-order valence-electron chi connectivity index (χ0n) is 19.7. The summed E-state index contributed by atoms with van der Waals surface area (Å²) in [5.41, 5.74) is 4.02. The molecule has 5 rings (SSSR count). The van der Waals surface area contributed by atoms with Gasteiger partial charge in [-0.2, -0.15) is 5.10 Å². The molecular formula is C26H26N6O2S. The van der Waals surface area contributed by atoms with Crippen LogP contribution in [0.3, 0.4) is 0 Å². The van der Waals surface area contributed by atoms with Gasteiger partial charge in [-0.05, 0) is 43.2 Å². The fourth-order valence-electron chi connectivity index (χ4n) is 4.09. The number of amides is 1. The van der Waals surface area contributed by atoms with Crippen LogP contribution < -0.4 is 0 Å². The summed E-state index contributed by atoms with van der Waals surface area (Å²) in [5.74, 6) is 1.59. The second kappa shape index (κ2) is 10.3. The predicted molar refractivity (Wildman–Crippen MR) is 135 cm³/mol. The van der Waals surface area contributed by atoms with Crippen LogP contribution in [0.5, 0.6) is 0 Å². The SMILES string of the molecule is CCCn1c(SCC(=O)N2N=C(c3ccc(C)cc3)C[C@@H]2c2ccco2)nnc1-c1ccncc1. The molecular weight excluding hydrogens is 460 g/mol. The van der Waals surface area contributed by atoms with Gasteiger partial charge in [0.1, 0.15) is 11.8 Å². The van der Waals surface area contributed by atoms with Crippen molar-refractivity contribution in [2.45, 2.75) is 44.4 Å². The van der Waals surface area contributed by atoms with Crippen LogP contribution in [-0.4, -0.2) is 42.1 Å². The number of furan rings is 1. The fraction of sp³-hybridized carbons (Fsp3) is 0.269. The maximum Gasteiger partial charge on any atom is 0.253 e. The van der Waals surface area contributed by atoms with Gasteiger partial charge in [-0.25, -0.2) is 5.01 Å². The highest BCUT2D eigenvalue weighted by molar-refractivity contribution is 7.99. The first-order valence-corrected chi connectivity index (χ1v) is 12.6. The fourth-order valence-corrected chi connectivity index (χ4v) is 4.91. The average molecular weight is 487 g/mol. The van der Waals surface area contributed by atoms with Crippen LogP contribution in [0.2, 0.25) is 0 Å². The summed E-state index contributed by atoms with van der Waals surface area (Å²) in [5, 5.41) is 15.8. The molecule has 35 heavy (non-hydrogen) atoms. The summed E-state index contributed by atoms with van der Waals surface area (Å²) >= 11 is 1.38. The highest BCUT2D eigenvalue weighted by atomic mass is 32.2. The molecule has 1 aromatic carbocycles. The van der Waals surface area contributed by atoms with E-state index in [1.54, 1.807) is 23.7 Å². The van der Waals surface area contributed by atoms with Gasteiger partial charge in [0.25, 0.3) is 5.91 Å². The maximum atomic E-state index is 13.4. The Labute approximate surface area is 208 Å². The largest absolute Gasteiger partial charge is 0.467 e. The van der Waals surface area contributed by atoms with Crippen molar-refractivity contribution in [3.05, 3.63) is 84.1 Å². The van der Waals surface area contributed by atoms with E-state index < -0.39 is 0 Å². The Kier molecular flexibility index (Phi) is 6.76. The molecule has 0 aliphatic carbocycles. The van der Waals surface area contributed by atoms with Crippen LogP contribution in [0.25, 0.3) is 11.4 Å². The molecule has 3 aromatic heterocycles. The Balaban J connectivity index is 1.37. The van der Waals surface area contributed by atoms with E-state index in [1.807, 2.05) is 36.4 Å². The van der Waals surface area contributed by atoms with Crippen LogP contribution in [0, 0.1) is 6.92 Å². The summed E-state index contributed by atoms with van der Waals surface area (Å²) in [7, 11) is 0. The molecule has 0 fully saturated rings. The monoisotopic (exact) mass is 486 g/mol. The number of nitrogens with zero attached hydrogens (tertiary/aromatic N) is 6. The number of pyridine rings is 1. The lowest BCUT2D eigenvalue weighted by Crippen LogP contribution is -2.28. The molecule has 8 nitrogen and oxygen atoms in total. The minimum absolute atomic E-state index is 0.102. The summed E-state index contributed by atoms with van der Waals surface area (Å²) in [4.78, 5) is 17.5. The van der Waals surface area contributed by atoms with Gasteiger partial charge in [0, 0.05) is 30.9 Å². The third-order valence-corrected chi connectivity index (χ3v) is 6.80. The minimum atomic E-state index is -0.268. The molecule has 178 valence electrons. The smallest absolute Gasteiger partial charge is 0.253 e. The lowest BCUT2D eigenvalue weighted by molar-refractivity contribution is -0.130. The third kappa shape index (κ3) is 4.90. The van der Waals surface area contributed by atoms with Crippen LogP contribution in [0.15, 0.2) is 81.9 Å². The standard InChI is InChI=1S/C26H26N6O2S/c1-3-14-31-25(20-10-12-27-13-11-20)28-29-26(31)35-17-24(33)32-22(23-5-4-15-34-23)16-21(30-32)19-8-6-18(2)7-9-19/h4-13,15,22H,3,14,16-17H2,1-2H3/t22-/m1/s1. The number of benzene rings is 1. The first-order valence-electron chi connectivity index (χ1n) is 11.6. The summed E-state index contributed by atoms with van der Waals surface area (Å²) in [6.07, 6.45) is 6.63. The summed E-state index contributed by atoms with van der Waals surface area (Å²) in [6.45, 7) is 4.92. The number of aromatic nitrogens is 4. The number of hydrogen-bond acceptors (Lipinski definition) is 7. The van der Waals surface area contributed by atoms with Crippen molar-refractivity contribution in [2.75, 3.05) is 5.75 Å². The van der Waals surface area contributed by atoms with Crippen LogP contribution in [0.4, 0.5) is 0 Å². The van der Waals surface area contributed by atoms with E-state index in [-0.39, 0.29) is 17.7 Å². The number of thioether (sulfide) groups is 1. The van der Waals surface area contributed by atoms with Crippen molar-refractivity contribution >= 4 is 23.4 Å². The average Bonchev–Trinajstić information content (AvgIpc) is 3.64. The van der Waals surface area contributed by atoms with Crippen molar-refractivity contribution in [3.8, 4) is 11.4 Å². The van der Waals surface area contributed by atoms with Gasteiger partial charge < -0.3 is 8.98 Å². The molecule has 0 spiro atoms. The van der Waals surface area contributed by atoms with Gasteiger partial charge in [-0.1, -0.05) is 48.5 Å². The Morgan fingerprint density at radius 2 is 1.89 bits per heavy atom. The van der Waals surface area contributed by atoms with Crippen LogP contribution in [0.1, 0.15) is 42.7 Å². The highest BCUT2D eigenvalue weighted by Gasteiger charge is 2.35. The predicted octanol–water partition coefficient (Wildman–Crippen LogP) is 5.12. The second-order valence-electron chi connectivity index (χ2n) is 8.37. The Morgan fingerprint density at radius 3 is 2.60 bits per heavy atom. The third-order valence-electron chi connectivity index (χ3n) is 5.85. The Morgan fingerprint density at radius 1 is 1.09 bits per heavy atom. The lowest BCUT2D eigenvalue weighted by Gasteiger charge is -2.19. The molecule has 1 amide bonds. The molecule has 0 N–H and O–H groups in total. The molecule has 9 heteroatoms. The molecule has 0 saturated carbocycles. The molecule has 0 bridgehead atoms. The molecule has 0 radical (unpaired) electrons.